The first-order chi connectivity index (χ1) is 13.9. The third-order valence-corrected chi connectivity index (χ3v) is 5.07. The quantitative estimate of drug-likeness (QED) is 0.378. The van der Waals surface area contributed by atoms with Gasteiger partial charge in [-0.3, -0.25) is 0 Å². The van der Waals surface area contributed by atoms with Crippen LogP contribution >= 0.6 is 0 Å². The molecule has 30 heavy (non-hydrogen) atoms. The van der Waals surface area contributed by atoms with Crippen molar-refractivity contribution in [3.05, 3.63) is 82.9 Å². The maximum Gasteiger partial charge on any atom is 1.00 e. The molecule has 146 valence electrons. The Morgan fingerprint density at radius 2 is 1.07 bits per heavy atom. The molecule has 0 amide bonds. The first kappa shape index (κ1) is 21.6. The molecule has 0 aliphatic heterocycles. The average Bonchev–Trinajstić information content (AvgIpc) is 2.70. The van der Waals surface area contributed by atoms with E-state index in [4.69, 9.17) is 0 Å². The Morgan fingerprint density at radius 3 is 1.43 bits per heavy atom. The van der Waals surface area contributed by atoms with Gasteiger partial charge in [0.25, 0.3) is 0 Å². The fourth-order valence-electron chi connectivity index (χ4n) is 3.68. The van der Waals surface area contributed by atoms with E-state index in [0.717, 1.165) is 0 Å². The summed E-state index contributed by atoms with van der Waals surface area (Å²) in [4.78, 5) is 23.2. The van der Waals surface area contributed by atoms with E-state index in [0.29, 0.717) is 32.7 Å². The summed E-state index contributed by atoms with van der Waals surface area (Å²) in [5, 5.41) is 42.8. The van der Waals surface area contributed by atoms with Crippen molar-refractivity contribution >= 4 is 33.5 Å². The summed E-state index contributed by atoms with van der Waals surface area (Å²) in [6.45, 7) is 0. The topological polar surface area (TPSA) is 115 Å². The van der Waals surface area contributed by atoms with Crippen LogP contribution in [0.25, 0.3) is 21.5 Å². The predicted octanol–water partition coefficient (Wildman–Crippen LogP) is 1.51. The van der Waals surface area contributed by atoms with E-state index in [9.17, 15) is 30.0 Å². The molecule has 4 aromatic rings. The molecule has 7 heteroatoms. The molecule has 0 heterocycles. The Kier molecular flexibility index (Phi) is 6.03. The third kappa shape index (κ3) is 3.61. The molecule has 0 spiro atoms. The van der Waals surface area contributed by atoms with E-state index in [2.05, 4.69) is 0 Å². The molecule has 0 unspecified atom stereocenters. The van der Waals surface area contributed by atoms with Crippen LogP contribution in [0.5, 0.6) is 11.5 Å². The summed E-state index contributed by atoms with van der Waals surface area (Å²) in [6.07, 6.45) is -0.0407. The van der Waals surface area contributed by atoms with Crippen LogP contribution in [-0.4, -0.2) is 32.4 Å². The van der Waals surface area contributed by atoms with Crippen molar-refractivity contribution in [1.29, 1.82) is 0 Å². The zero-order valence-electron chi connectivity index (χ0n) is 17.1. The minimum atomic E-state index is -1.28. The molecule has 0 saturated carbocycles. The number of hydrogen-bond acceptors (Lipinski definition) is 4. The largest absolute Gasteiger partial charge is 1.00 e. The monoisotopic (exact) mass is 412 g/mol. The van der Waals surface area contributed by atoms with Crippen molar-refractivity contribution in [3.63, 3.8) is 0 Å². The SMILES string of the molecule is O=C(O)c1cc2ccccc2c(Cc2c(O)c(C(=O)O)cc3ccccc23)c1O.[H-].[Na+]. The zero-order chi connectivity index (χ0) is 20.7. The molecule has 0 radical (unpaired) electrons. The van der Waals surface area contributed by atoms with Crippen LogP contribution in [0.15, 0.2) is 60.7 Å². The molecular formula is C23H17NaO6. The number of carboxylic acids is 2. The molecule has 0 saturated heterocycles. The van der Waals surface area contributed by atoms with Gasteiger partial charge >= 0.3 is 41.5 Å². The normalized spacial score (nSPS) is 10.7. The minimum Gasteiger partial charge on any atom is -1.00 e. The first-order valence-electron chi connectivity index (χ1n) is 8.82. The van der Waals surface area contributed by atoms with Crippen LogP contribution in [0.4, 0.5) is 0 Å². The zero-order valence-corrected chi connectivity index (χ0v) is 18.1. The second-order valence-electron chi connectivity index (χ2n) is 6.73. The predicted molar refractivity (Wildman–Crippen MR) is 109 cm³/mol. The van der Waals surface area contributed by atoms with Gasteiger partial charge in [0.2, 0.25) is 0 Å². The Bertz CT molecular complexity index is 1220. The number of carboxylic acid groups (broad SMARTS) is 2. The molecule has 0 aromatic heterocycles. The fourth-order valence-corrected chi connectivity index (χ4v) is 3.68. The van der Waals surface area contributed by atoms with E-state index in [1.165, 1.54) is 12.1 Å². The summed E-state index contributed by atoms with van der Waals surface area (Å²) in [5.41, 5.74) is 0.112. The number of rotatable bonds is 4. The average molecular weight is 412 g/mol. The van der Waals surface area contributed by atoms with Gasteiger partial charge in [0.05, 0.1) is 0 Å². The van der Waals surface area contributed by atoms with Gasteiger partial charge in [-0.2, -0.15) is 0 Å². The van der Waals surface area contributed by atoms with Gasteiger partial charge in [-0.25, -0.2) is 9.59 Å². The number of fused-ring (bicyclic) bond motifs is 2. The number of carbonyl (C=O) groups is 2. The maximum atomic E-state index is 11.6. The summed E-state index contributed by atoms with van der Waals surface area (Å²) >= 11 is 0. The summed E-state index contributed by atoms with van der Waals surface area (Å²) in [7, 11) is 0. The summed E-state index contributed by atoms with van der Waals surface area (Å²) in [6, 6.07) is 16.8. The van der Waals surface area contributed by atoms with Crippen molar-refractivity contribution in [2.75, 3.05) is 0 Å². The number of benzene rings is 4. The van der Waals surface area contributed by atoms with Crippen molar-refractivity contribution in [2.24, 2.45) is 0 Å². The number of aromatic hydroxyl groups is 2. The number of phenols is 2. The third-order valence-electron chi connectivity index (χ3n) is 5.07. The smallest absolute Gasteiger partial charge is 1.00 e. The Balaban J connectivity index is 0.00000171. The van der Waals surface area contributed by atoms with Gasteiger partial charge < -0.3 is 21.9 Å². The molecule has 0 fully saturated rings. The van der Waals surface area contributed by atoms with E-state index < -0.39 is 23.4 Å². The Morgan fingerprint density at radius 1 is 0.700 bits per heavy atom. The fraction of sp³-hybridized carbons (Fsp3) is 0.0435. The molecule has 4 aromatic carbocycles. The summed E-state index contributed by atoms with van der Waals surface area (Å²) < 4.78 is 0. The van der Waals surface area contributed by atoms with Crippen LogP contribution in [0.1, 0.15) is 33.3 Å². The van der Waals surface area contributed by atoms with Gasteiger partial charge in [-0.05, 0) is 33.7 Å². The molecule has 0 bridgehead atoms. The van der Waals surface area contributed by atoms with Crippen LogP contribution in [0, 0.1) is 0 Å². The van der Waals surface area contributed by atoms with E-state index in [-0.39, 0.29) is 48.5 Å². The second kappa shape index (κ2) is 8.36. The molecule has 0 aliphatic carbocycles. The van der Waals surface area contributed by atoms with Gasteiger partial charge in [-0.1, -0.05) is 48.5 Å². The van der Waals surface area contributed by atoms with Gasteiger partial charge in [0.15, 0.2) is 0 Å². The van der Waals surface area contributed by atoms with Crippen molar-refractivity contribution in [2.45, 2.75) is 6.42 Å². The van der Waals surface area contributed by atoms with E-state index >= 15 is 0 Å². The van der Waals surface area contributed by atoms with Crippen LogP contribution in [-0.2, 0) is 6.42 Å². The van der Waals surface area contributed by atoms with Gasteiger partial charge in [0, 0.05) is 17.5 Å². The minimum absolute atomic E-state index is 0. The Hall–Kier alpha value is -3.06. The first-order valence-corrected chi connectivity index (χ1v) is 8.82. The van der Waals surface area contributed by atoms with Gasteiger partial charge in [-0.15, -0.1) is 0 Å². The molecular weight excluding hydrogens is 395 g/mol. The number of hydrogen-bond donors (Lipinski definition) is 4. The van der Waals surface area contributed by atoms with Gasteiger partial charge in [0.1, 0.15) is 22.6 Å². The molecule has 4 rings (SSSR count). The van der Waals surface area contributed by atoms with Crippen molar-refractivity contribution < 1.29 is 61.0 Å². The number of aromatic carboxylic acids is 2. The van der Waals surface area contributed by atoms with Crippen LogP contribution in [0.2, 0.25) is 0 Å². The molecule has 0 atom stereocenters. The van der Waals surface area contributed by atoms with Crippen LogP contribution in [0.3, 0.4) is 0 Å². The maximum absolute atomic E-state index is 11.6. The second-order valence-corrected chi connectivity index (χ2v) is 6.73. The van der Waals surface area contributed by atoms with E-state index in [1.54, 1.807) is 48.5 Å². The summed E-state index contributed by atoms with van der Waals surface area (Å²) in [5.74, 6) is -3.36. The van der Waals surface area contributed by atoms with E-state index in [1.807, 2.05) is 0 Å². The molecule has 4 N–H and O–H groups in total. The van der Waals surface area contributed by atoms with Crippen LogP contribution < -0.4 is 29.6 Å². The Labute approximate surface area is 194 Å². The molecule has 6 nitrogen and oxygen atoms in total. The van der Waals surface area contributed by atoms with Crippen molar-refractivity contribution in [3.8, 4) is 11.5 Å². The molecule has 0 aliphatic rings. The standard InChI is InChI=1S/C23H16O6.Na.H/c24-20-16(14-7-3-1-5-12(14)9-18(20)22(26)27)11-17-15-8-4-2-6-13(15)10-19(21(17)25)23(28)29;;/h1-10,24-25H,11H2,(H,26,27)(H,28,29);;/q;+1;-1. The van der Waals surface area contributed by atoms with Crippen molar-refractivity contribution in [1.82, 2.24) is 0 Å².